The van der Waals surface area contributed by atoms with Crippen LogP contribution in [-0.4, -0.2) is 60.4 Å². The van der Waals surface area contributed by atoms with Crippen LogP contribution in [0.3, 0.4) is 0 Å². The molecule has 1 aliphatic rings. The summed E-state index contributed by atoms with van der Waals surface area (Å²) in [7, 11) is 3.81. The zero-order chi connectivity index (χ0) is 24.4. The van der Waals surface area contributed by atoms with Crippen molar-refractivity contribution in [1.82, 2.24) is 9.80 Å². The Hall–Kier alpha value is -3.10. The summed E-state index contributed by atoms with van der Waals surface area (Å²) in [6.45, 7) is 3.55. The van der Waals surface area contributed by atoms with E-state index in [-0.39, 0.29) is 11.3 Å². The number of furan rings is 1. The van der Waals surface area contributed by atoms with Crippen molar-refractivity contribution in [3.8, 4) is 5.75 Å². The predicted octanol–water partition coefficient (Wildman–Crippen LogP) is 5.12. The summed E-state index contributed by atoms with van der Waals surface area (Å²) in [6, 6.07) is 13.6. The summed E-state index contributed by atoms with van der Waals surface area (Å²) in [6.07, 6.45) is 0.889. The van der Waals surface area contributed by atoms with Crippen LogP contribution < -0.4 is 4.74 Å². The van der Waals surface area contributed by atoms with Gasteiger partial charge in [0.2, 0.25) is 5.78 Å². The van der Waals surface area contributed by atoms with Gasteiger partial charge in [0.05, 0.1) is 18.2 Å². The number of likely N-dealkylation sites (N-methyl/N-ethyl adjacent to an activating group) is 1. The molecule has 1 aliphatic heterocycles. The first-order valence-corrected chi connectivity index (χ1v) is 11.9. The predicted molar refractivity (Wildman–Crippen MR) is 133 cm³/mol. The minimum atomic E-state index is -0.736. The van der Waals surface area contributed by atoms with Crippen LogP contribution in [-0.2, 0) is 4.79 Å². The molecule has 0 bridgehead atoms. The standard InChI is InChI=1S/C26H27BrN2O5/c1-4-13-33-19-8-5-16(6-9-19)23-22(25(31)26(32)29(23)12-11-28(2)3)24(30)21-15-17-14-18(27)7-10-20(17)34-21/h5-10,14-15,23,31H,4,11-13H2,1-3H3. The second-order valence-electron chi connectivity index (χ2n) is 8.51. The van der Waals surface area contributed by atoms with Gasteiger partial charge >= 0.3 is 0 Å². The molecule has 34 heavy (non-hydrogen) atoms. The van der Waals surface area contributed by atoms with Crippen molar-refractivity contribution in [2.75, 3.05) is 33.8 Å². The number of aliphatic hydroxyl groups excluding tert-OH is 1. The zero-order valence-corrected chi connectivity index (χ0v) is 21.0. The van der Waals surface area contributed by atoms with Crippen LogP contribution in [0.25, 0.3) is 11.0 Å². The van der Waals surface area contributed by atoms with Gasteiger partial charge in [0.1, 0.15) is 11.3 Å². The van der Waals surface area contributed by atoms with Crippen LogP contribution >= 0.6 is 15.9 Å². The lowest BCUT2D eigenvalue weighted by molar-refractivity contribution is -0.129. The molecule has 2 aromatic carbocycles. The third kappa shape index (κ3) is 4.74. The average molecular weight is 527 g/mol. The highest BCUT2D eigenvalue weighted by molar-refractivity contribution is 9.10. The van der Waals surface area contributed by atoms with E-state index in [2.05, 4.69) is 15.9 Å². The van der Waals surface area contributed by atoms with Crippen molar-refractivity contribution >= 4 is 38.6 Å². The summed E-state index contributed by atoms with van der Waals surface area (Å²) >= 11 is 3.42. The fourth-order valence-corrected chi connectivity index (χ4v) is 4.37. The van der Waals surface area contributed by atoms with E-state index in [0.717, 1.165) is 16.3 Å². The smallest absolute Gasteiger partial charge is 0.290 e. The molecule has 178 valence electrons. The molecule has 1 amide bonds. The van der Waals surface area contributed by atoms with Crippen molar-refractivity contribution in [1.29, 1.82) is 0 Å². The molecule has 1 N–H and O–H groups in total. The van der Waals surface area contributed by atoms with Gasteiger partial charge in [0.15, 0.2) is 11.5 Å². The van der Waals surface area contributed by atoms with Crippen LogP contribution in [0.15, 0.2) is 68.8 Å². The number of Topliss-reactive ketones (excluding diaryl/α,β-unsaturated/α-hetero) is 1. The maximum Gasteiger partial charge on any atom is 0.290 e. The van der Waals surface area contributed by atoms with Gasteiger partial charge in [-0.2, -0.15) is 0 Å². The molecule has 1 unspecified atom stereocenters. The molecular weight excluding hydrogens is 500 g/mol. The van der Waals surface area contributed by atoms with Gasteiger partial charge in [-0.15, -0.1) is 0 Å². The summed E-state index contributed by atoms with van der Waals surface area (Å²) in [5.74, 6) is -0.840. The molecular formula is C26H27BrN2O5. The van der Waals surface area contributed by atoms with Crippen molar-refractivity contribution in [2.24, 2.45) is 0 Å². The molecule has 4 rings (SSSR count). The summed E-state index contributed by atoms with van der Waals surface area (Å²) in [4.78, 5) is 30.1. The average Bonchev–Trinajstić information content (AvgIpc) is 3.35. The van der Waals surface area contributed by atoms with Crippen LogP contribution in [0.4, 0.5) is 0 Å². The molecule has 8 heteroatoms. The van der Waals surface area contributed by atoms with E-state index in [9.17, 15) is 14.7 Å². The van der Waals surface area contributed by atoms with Gasteiger partial charge < -0.3 is 24.1 Å². The molecule has 1 aromatic heterocycles. The van der Waals surface area contributed by atoms with E-state index in [4.69, 9.17) is 9.15 Å². The number of aliphatic hydroxyl groups is 1. The van der Waals surface area contributed by atoms with Crippen molar-refractivity contribution < 1.29 is 23.8 Å². The Kier molecular flexibility index (Phi) is 7.09. The van der Waals surface area contributed by atoms with Gasteiger partial charge in [-0.3, -0.25) is 9.59 Å². The third-order valence-corrected chi connectivity index (χ3v) is 6.20. The molecule has 0 aliphatic carbocycles. The SMILES string of the molecule is CCCOc1ccc(C2C(C(=O)c3cc4cc(Br)ccc4o3)=C(O)C(=O)N2CCN(C)C)cc1. The number of amides is 1. The normalized spacial score (nSPS) is 16.2. The van der Waals surface area contributed by atoms with Crippen LogP contribution in [0.1, 0.15) is 35.5 Å². The number of carbonyl (C=O) groups is 2. The monoisotopic (exact) mass is 526 g/mol. The van der Waals surface area contributed by atoms with Crippen molar-refractivity contribution in [3.05, 3.63) is 75.7 Å². The minimum Gasteiger partial charge on any atom is -0.503 e. The Balaban J connectivity index is 1.74. The molecule has 0 radical (unpaired) electrons. The fraction of sp³-hybridized carbons (Fsp3) is 0.308. The summed E-state index contributed by atoms with van der Waals surface area (Å²) < 4.78 is 12.3. The largest absolute Gasteiger partial charge is 0.503 e. The first-order chi connectivity index (χ1) is 16.3. The van der Waals surface area contributed by atoms with Gasteiger partial charge in [-0.05, 0) is 62.5 Å². The third-order valence-electron chi connectivity index (χ3n) is 5.71. The summed E-state index contributed by atoms with van der Waals surface area (Å²) in [5, 5.41) is 11.6. The van der Waals surface area contributed by atoms with Gasteiger partial charge in [-0.1, -0.05) is 35.0 Å². The zero-order valence-electron chi connectivity index (χ0n) is 19.4. The second kappa shape index (κ2) is 10.0. The maximum absolute atomic E-state index is 13.6. The quantitative estimate of drug-likeness (QED) is 0.389. The van der Waals surface area contributed by atoms with Crippen molar-refractivity contribution in [3.63, 3.8) is 0 Å². The highest BCUT2D eigenvalue weighted by Gasteiger charge is 2.44. The van der Waals surface area contributed by atoms with Crippen LogP contribution in [0.5, 0.6) is 5.75 Å². The number of ketones is 1. The Bertz CT molecular complexity index is 1250. The molecule has 0 spiro atoms. The number of rotatable bonds is 9. The molecule has 7 nitrogen and oxygen atoms in total. The first-order valence-electron chi connectivity index (χ1n) is 11.2. The highest BCUT2D eigenvalue weighted by atomic mass is 79.9. The first kappa shape index (κ1) is 24.0. The lowest BCUT2D eigenvalue weighted by Crippen LogP contribution is -2.36. The molecule has 0 saturated heterocycles. The number of carbonyl (C=O) groups excluding carboxylic acids is 2. The van der Waals surface area contributed by atoms with E-state index in [1.165, 1.54) is 4.90 Å². The van der Waals surface area contributed by atoms with E-state index < -0.39 is 23.5 Å². The van der Waals surface area contributed by atoms with E-state index in [1.54, 1.807) is 12.1 Å². The highest BCUT2D eigenvalue weighted by Crippen LogP contribution is 2.40. The second-order valence-corrected chi connectivity index (χ2v) is 9.42. The number of ether oxygens (including phenoxy) is 1. The fourth-order valence-electron chi connectivity index (χ4n) is 4.00. The molecule has 0 saturated carbocycles. The number of benzene rings is 2. The van der Waals surface area contributed by atoms with Gasteiger partial charge in [0, 0.05) is 22.9 Å². The van der Waals surface area contributed by atoms with Gasteiger partial charge in [-0.25, -0.2) is 0 Å². The topological polar surface area (TPSA) is 83.2 Å². The van der Waals surface area contributed by atoms with Crippen LogP contribution in [0, 0.1) is 0 Å². The molecule has 0 fully saturated rings. The Morgan fingerprint density at radius 3 is 2.59 bits per heavy atom. The maximum atomic E-state index is 13.6. The molecule has 3 aromatic rings. The minimum absolute atomic E-state index is 0.0177. The summed E-state index contributed by atoms with van der Waals surface area (Å²) in [5.41, 5.74) is 1.28. The van der Waals surface area contributed by atoms with E-state index in [0.29, 0.717) is 36.6 Å². The van der Waals surface area contributed by atoms with E-state index in [1.807, 2.05) is 62.3 Å². The Labute approximate surface area is 206 Å². The van der Waals surface area contributed by atoms with Crippen LogP contribution in [0.2, 0.25) is 0 Å². The number of hydrogen-bond donors (Lipinski definition) is 1. The van der Waals surface area contributed by atoms with Gasteiger partial charge in [0.25, 0.3) is 5.91 Å². The Morgan fingerprint density at radius 1 is 1.18 bits per heavy atom. The Morgan fingerprint density at radius 2 is 1.91 bits per heavy atom. The number of halogens is 1. The number of nitrogens with zero attached hydrogens (tertiary/aromatic N) is 2. The molecule has 2 heterocycles. The molecule has 1 atom stereocenters. The number of hydrogen-bond acceptors (Lipinski definition) is 6. The lowest BCUT2D eigenvalue weighted by atomic mass is 9.95. The lowest BCUT2D eigenvalue weighted by Gasteiger charge is -2.28. The van der Waals surface area contributed by atoms with E-state index >= 15 is 0 Å². The number of fused-ring (bicyclic) bond motifs is 1. The van der Waals surface area contributed by atoms with Crippen molar-refractivity contribution in [2.45, 2.75) is 19.4 Å².